The van der Waals surface area contributed by atoms with Crippen LogP contribution in [0.4, 0.5) is 16.0 Å². The van der Waals surface area contributed by atoms with E-state index in [4.69, 9.17) is 4.74 Å². The van der Waals surface area contributed by atoms with Gasteiger partial charge in [0.2, 0.25) is 0 Å². The summed E-state index contributed by atoms with van der Waals surface area (Å²) in [7, 11) is -1.70. The Bertz CT molecular complexity index is 1320. The topological polar surface area (TPSA) is 99.0 Å². The molecule has 4 aromatic rings. The van der Waals surface area contributed by atoms with Crippen LogP contribution in [0.15, 0.2) is 59.9 Å². The molecule has 0 aliphatic carbocycles. The SMILES string of the molecule is Cn1ccc(Nc2ncnc3ccc(Oc4ccc(S(C)(=O)=O)cc4F)cc23)n1. The Labute approximate surface area is 165 Å². The molecule has 8 nitrogen and oxygen atoms in total. The van der Waals surface area contributed by atoms with Gasteiger partial charge in [-0.3, -0.25) is 4.68 Å². The van der Waals surface area contributed by atoms with Crippen LogP contribution in [0, 0.1) is 5.82 Å². The molecule has 148 valence electrons. The summed E-state index contributed by atoms with van der Waals surface area (Å²) in [5.74, 6) is 0.618. The second-order valence-electron chi connectivity index (χ2n) is 6.37. The van der Waals surface area contributed by atoms with Crippen molar-refractivity contribution < 1.29 is 17.5 Å². The molecule has 0 amide bonds. The van der Waals surface area contributed by atoms with E-state index in [1.165, 1.54) is 18.5 Å². The zero-order chi connectivity index (χ0) is 20.6. The third kappa shape index (κ3) is 4.02. The van der Waals surface area contributed by atoms with Crippen LogP contribution in [0.1, 0.15) is 0 Å². The largest absolute Gasteiger partial charge is 0.454 e. The first-order valence-electron chi connectivity index (χ1n) is 8.48. The van der Waals surface area contributed by atoms with Crippen molar-refractivity contribution in [1.82, 2.24) is 19.7 Å². The van der Waals surface area contributed by atoms with E-state index in [1.807, 2.05) is 0 Å². The molecular formula is C19H16FN5O3S. The summed E-state index contributed by atoms with van der Waals surface area (Å²) in [6, 6.07) is 10.3. The van der Waals surface area contributed by atoms with E-state index in [-0.39, 0.29) is 10.6 Å². The lowest BCUT2D eigenvalue weighted by Crippen LogP contribution is -1.99. The zero-order valence-corrected chi connectivity index (χ0v) is 16.3. The van der Waals surface area contributed by atoms with E-state index in [0.29, 0.717) is 28.3 Å². The summed E-state index contributed by atoms with van der Waals surface area (Å²) in [5.41, 5.74) is 0.665. The minimum atomic E-state index is -3.51. The van der Waals surface area contributed by atoms with Gasteiger partial charge in [0.05, 0.1) is 10.4 Å². The molecule has 29 heavy (non-hydrogen) atoms. The van der Waals surface area contributed by atoms with E-state index < -0.39 is 15.7 Å². The van der Waals surface area contributed by atoms with Crippen molar-refractivity contribution in [1.29, 1.82) is 0 Å². The predicted octanol–water partition coefficient (Wildman–Crippen LogP) is 3.44. The number of rotatable bonds is 5. The Kier molecular flexibility index (Phi) is 4.63. The molecule has 0 aliphatic rings. The third-order valence-corrected chi connectivity index (χ3v) is 5.24. The molecule has 2 heterocycles. The van der Waals surface area contributed by atoms with Gasteiger partial charge in [-0.2, -0.15) is 5.10 Å². The second-order valence-corrected chi connectivity index (χ2v) is 8.38. The quantitative estimate of drug-likeness (QED) is 0.535. The second kappa shape index (κ2) is 7.13. The Morgan fingerprint density at radius 3 is 2.62 bits per heavy atom. The van der Waals surface area contributed by atoms with Gasteiger partial charge in [-0.05, 0) is 36.4 Å². The van der Waals surface area contributed by atoms with Crippen LogP contribution in [0.5, 0.6) is 11.5 Å². The molecule has 2 aromatic carbocycles. The molecule has 1 N–H and O–H groups in total. The van der Waals surface area contributed by atoms with Crippen LogP contribution in [0.3, 0.4) is 0 Å². The van der Waals surface area contributed by atoms with Crippen molar-refractivity contribution in [2.75, 3.05) is 11.6 Å². The van der Waals surface area contributed by atoms with Crippen LogP contribution in [-0.4, -0.2) is 34.4 Å². The standard InChI is InChI=1S/C19H16FN5O3S/c1-25-8-7-18(24-25)23-19-14-9-12(3-5-16(14)21-11-22-19)28-17-6-4-13(10-15(17)20)29(2,26)27/h3-11H,1-2H3,(H,21,22,23,24). The van der Waals surface area contributed by atoms with Gasteiger partial charge in [0.15, 0.2) is 27.2 Å². The molecule has 0 fully saturated rings. The molecule has 0 bridgehead atoms. The number of anilines is 2. The lowest BCUT2D eigenvalue weighted by molar-refractivity contribution is 0.441. The first-order valence-corrected chi connectivity index (χ1v) is 10.4. The van der Waals surface area contributed by atoms with Crippen LogP contribution in [-0.2, 0) is 16.9 Å². The Balaban J connectivity index is 1.67. The molecule has 0 aliphatic heterocycles. The highest BCUT2D eigenvalue weighted by molar-refractivity contribution is 7.90. The number of benzene rings is 2. The Morgan fingerprint density at radius 1 is 1.10 bits per heavy atom. The number of nitrogens with zero attached hydrogens (tertiary/aromatic N) is 4. The van der Waals surface area contributed by atoms with Crippen molar-refractivity contribution in [3.05, 3.63) is 60.8 Å². The Hall–Kier alpha value is -3.53. The highest BCUT2D eigenvalue weighted by Crippen LogP contribution is 2.31. The minimum Gasteiger partial charge on any atom is -0.454 e. The van der Waals surface area contributed by atoms with Gasteiger partial charge >= 0.3 is 0 Å². The number of hydrogen-bond acceptors (Lipinski definition) is 7. The highest BCUT2D eigenvalue weighted by Gasteiger charge is 2.13. The molecule has 0 radical (unpaired) electrons. The van der Waals surface area contributed by atoms with Gasteiger partial charge in [-0.25, -0.2) is 22.8 Å². The fraction of sp³-hybridized carbons (Fsp3) is 0.105. The monoisotopic (exact) mass is 413 g/mol. The Morgan fingerprint density at radius 2 is 1.93 bits per heavy atom. The molecular weight excluding hydrogens is 397 g/mol. The number of hydrogen-bond donors (Lipinski definition) is 1. The average molecular weight is 413 g/mol. The number of aromatic nitrogens is 4. The number of aryl methyl sites for hydroxylation is 1. The molecule has 0 atom stereocenters. The van der Waals surface area contributed by atoms with Crippen LogP contribution in [0.25, 0.3) is 10.9 Å². The van der Waals surface area contributed by atoms with Gasteiger partial charge in [-0.15, -0.1) is 0 Å². The van der Waals surface area contributed by atoms with E-state index in [9.17, 15) is 12.8 Å². The molecule has 10 heteroatoms. The molecule has 2 aromatic heterocycles. The van der Waals surface area contributed by atoms with E-state index >= 15 is 0 Å². The first-order chi connectivity index (χ1) is 13.8. The van der Waals surface area contributed by atoms with Gasteiger partial charge in [0, 0.05) is 31.0 Å². The van der Waals surface area contributed by atoms with Gasteiger partial charge in [-0.1, -0.05) is 0 Å². The summed E-state index contributed by atoms with van der Waals surface area (Å²) in [4.78, 5) is 8.35. The molecule has 0 spiro atoms. The molecule has 0 saturated carbocycles. The number of fused-ring (bicyclic) bond motifs is 1. The normalized spacial score (nSPS) is 11.6. The van der Waals surface area contributed by atoms with E-state index in [0.717, 1.165) is 12.3 Å². The summed E-state index contributed by atoms with van der Waals surface area (Å²) >= 11 is 0. The maximum Gasteiger partial charge on any atom is 0.175 e. The van der Waals surface area contributed by atoms with Crippen molar-refractivity contribution in [2.24, 2.45) is 7.05 Å². The maximum atomic E-state index is 14.3. The molecule has 0 unspecified atom stereocenters. The smallest absolute Gasteiger partial charge is 0.175 e. The fourth-order valence-corrected chi connectivity index (χ4v) is 3.36. The molecule has 0 saturated heterocycles. The van der Waals surface area contributed by atoms with Gasteiger partial charge in [0.1, 0.15) is 17.9 Å². The lowest BCUT2D eigenvalue weighted by atomic mass is 10.2. The average Bonchev–Trinajstić information content (AvgIpc) is 3.08. The van der Waals surface area contributed by atoms with Crippen LogP contribution < -0.4 is 10.1 Å². The van der Waals surface area contributed by atoms with Crippen LogP contribution in [0.2, 0.25) is 0 Å². The summed E-state index contributed by atoms with van der Waals surface area (Å²) in [6.07, 6.45) is 4.24. The fourth-order valence-electron chi connectivity index (χ4n) is 2.72. The van der Waals surface area contributed by atoms with Crippen molar-refractivity contribution in [3.63, 3.8) is 0 Å². The lowest BCUT2D eigenvalue weighted by Gasteiger charge is -2.10. The highest BCUT2D eigenvalue weighted by atomic mass is 32.2. The van der Waals surface area contributed by atoms with Crippen molar-refractivity contribution in [2.45, 2.75) is 4.90 Å². The van der Waals surface area contributed by atoms with Crippen molar-refractivity contribution in [3.8, 4) is 11.5 Å². The minimum absolute atomic E-state index is 0.0900. The maximum absolute atomic E-state index is 14.3. The van der Waals surface area contributed by atoms with Gasteiger partial charge in [0.25, 0.3) is 0 Å². The first kappa shape index (κ1) is 18.8. The van der Waals surface area contributed by atoms with E-state index in [2.05, 4.69) is 20.4 Å². The van der Waals surface area contributed by atoms with Crippen LogP contribution >= 0.6 is 0 Å². The summed E-state index contributed by atoms with van der Waals surface area (Å²) < 4.78 is 44.7. The van der Waals surface area contributed by atoms with E-state index in [1.54, 1.807) is 42.2 Å². The number of sulfone groups is 1. The molecule has 4 rings (SSSR count). The van der Waals surface area contributed by atoms with Crippen molar-refractivity contribution >= 4 is 32.4 Å². The summed E-state index contributed by atoms with van der Waals surface area (Å²) in [6.45, 7) is 0. The number of ether oxygens (including phenoxy) is 1. The summed E-state index contributed by atoms with van der Waals surface area (Å²) in [5, 5.41) is 8.03. The zero-order valence-electron chi connectivity index (χ0n) is 15.5. The number of nitrogens with one attached hydrogen (secondary N) is 1. The third-order valence-electron chi connectivity index (χ3n) is 4.13. The van der Waals surface area contributed by atoms with Gasteiger partial charge < -0.3 is 10.1 Å². The predicted molar refractivity (Wildman–Crippen MR) is 106 cm³/mol. The number of halogens is 1.